The van der Waals surface area contributed by atoms with Crippen molar-refractivity contribution in [2.24, 2.45) is 0 Å². The van der Waals surface area contributed by atoms with Crippen LogP contribution in [0.4, 0.5) is 4.39 Å². The van der Waals surface area contributed by atoms with E-state index in [1.165, 1.54) is 30.6 Å². The summed E-state index contributed by atoms with van der Waals surface area (Å²) in [7, 11) is 0. The highest BCUT2D eigenvalue weighted by Gasteiger charge is 2.43. The van der Waals surface area contributed by atoms with Gasteiger partial charge in [0.2, 0.25) is 0 Å². The third-order valence-electron chi connectivity index (χ3n) is 4.10. The lowest BCUT2D eigenvalue weighted by Crippen LogP contribution is -2.45. The molecule has 3 N–H and O–H groups in total. The molecule has 4 unspecified atom stereocenters. The lowest BCUT2D eigenvalue weighted by atomic mass is 9.95. The first-order valence-electron chi connectivity index (χ1n) is 7.23. The van der Waals surface area contributed by atoms with Crippen LogP contribution >= 0.6 is 0 Å². The first-order chi connectivity index (χ1) is 11.1. The summed E-state index contributed by atoms with van der Waals surface area (Å²) in [5.74, 6) is -1.17. The number of aliphatic hydroxyl groups is 2. The number of amides is 1. The number of carbonyl (C=O) groups excluding carboxylic acids is 1. The number of benzene rings is 1. The second kappa shape index (κ2) is 6.39. The van der Waals surface area contributed by atoms with Crippen LogP contribution in [0.15, 0.2) is 43.0 Å². The van der Waals surface area contributed by atoms with Crippen molar-refractivity contribution in [3.8, 4) is 0 Å². The molecule has 120 valence electrons. The van der Waals surface area contributed by atoms with Crippen molar-refractivity contribution < 1.29 is 19.4 Å². The van der Waals surface area contributed by atoms with Crippen LogP contribution in [-0.2, 0) is 0 Å². The van der Waals surface area contributed by atoms with E-state index in [9.17, 15) is 19.4 Å². The van der Waals surface area contributed by atoms with Gasteiger partial charge in [-0.2, -0.15) is 0 Å². The van der Waals surface area contributed by atoms with Crippen LogP contribution in [0.2, 0.25) is 0 Å². The second-order valence-corrected chi connectivity index (χ2v) is 5.58. The van der Waals surface area contributed by atoms with Gasteiger partial charge in [-0.05, 0) is 36.2 Å². The summed E-state index contributed by atoms with van der Waals surface area (Å²) >= 11 is 0. The largest absolute Gasteiger partial charge is 0.390 e. The van der Waals surface area contributed by atoms with Gasteiger partial charge in [0.15, 0.2) is 0 Å². The SMILES string of the molecule is O=C(NC1C(c2cncnc2)CC(O)C1O)c1ccc(F)cc1. The summed E-state index contributed by atoms with van der Waals surface area (Å²) < 4.78 is 12.9. The molecular weight excluding hydrogens is 301 g/mol. The lowest BCUT2D eigenvalue weighted by Gasteiger charge is -2.23. The minimum absolute atomic E-state index is 0.281. The van der Waals surface area contributed by atoms with E-state index >= 15 is 0 Å². The third kappa shape index (κ3) is 3.20. The van der Waals surface area contributed by atoms with Gasteiger partial charge in [-0.25, -0.2) is 14.4 Å². The Hall–Kier alpha value is -2.38. The maximum absolute atomic E-state index is 12.9. The fourth-order valence-corrected chi connectivity index (χ4v) is 2.89. The molecule has 4 atom stereocenters. The van der Waals surface area contributed by atoms with Crippen LogP contribution in [0.3, 0.4) is 0 Å². The molecule has 1 heterocycles. The average molecular weight is 317 g/mol. The van der Waals surface area contributed by atoms with Gasteiger partial charge < -0.3 is 15.5 Å². The van der Waals surface area contributed by atoms with Gasteiger partial charge in [-0.3, -0.25) is 4.79 Å². The van der Waals surface area contributed by atoms with Crippen LogP contribution in [0.25, 0.3) is 0 Å². The van der Waals surface area contributed by atoms with E-state index in [4.69, 9.17) is 0 Å². The van der Waals surface area contributed by atoms with E-state index in [1.807, 2.05) is 0 Å². The normalized spacial score (nSPS) is 26.9. The van der Waals surface area contributed by atoms with Crippen LogP contribution in [0, 0.1) is 5.82 Å². The molecule has 0 saturated heterocycles. The molecule has 1 fully saturated rings. The van der Waals surface area contributed by atoms with Crippen LogP contribution in [0.5, 0.6) is 0 Å². The zero-order chi connectivity index (χ0) is 16.4. The van der Waals surface area contributed by atoms with Crippen molar-refractivity contribution in [3.05, 3.63) is 59.9 Å². The number of aliphatic hydroxyl groups excluding tert-OH is 2. The molecule has 6 nitrogen and oxygen atoms in total. The number of hydrogen-bond acceptors (Lipinski definition) is 5. The number of nitrogens with zero attached hydrogens (tertiary/aromatic N) is 2. The molecular formula is C16H16FN3O3. The van der Waals surface area contributed by atoms with E-state index in [2.05, 4.69) is 15.3 Å². The molecule has 23 heavy (non-hydrogen) atoms. The summed E-state index contributed by atoms with van der Waals surface area (Å²) in [6.07, 6.45) is 2.84. The topological polar surface area (TPSA) is 95.3 Å². The molecule has 0 aliphatic heterocycles. The minimum Gasteiger partial charge on any atom is -0.390 e. The van der Waals surface area contributed by atoms with E-state index in [0.29, 0.717) is 6.42 Å². The molecule has 0 bridgehead atoms. The number of nitrogens with one attached hydrogen (secondary N) is 1. The first kappa shape index (κ1) is 15.5. The number of aromatic nitrogens is 2. The molecule has 1 aliphatic rings. The number of halogens is 1. The molecule has 1 aromatic heterocycles. The summed E-state index contributed by atoms with van der Waals surface area (Å²) in [4.78, 5) is 20.1. The highest BCUT2D eigenvalue weighted by molar-refractivity contribution is 5.94. The summed E-state index contributed by atoms with van der Waals surface area (Å²) in [5, 5.41) is 22.8. The third-order valence-corrected chi connectivity index (χ3v) is 4.10. The van der Waals surface area contributed by atoms with Crippen molar-refractivity contribution in [2.45, 2.75) is 30.6 Å². The summed E-state index contributed by atoms with van der Waals surface area (Å²) in [6, 6.07) is 4.44. The van der Waals surface area contributed by atoms with Gasteiger partial charge in [0.1, 0.15) is 18.2 Å². The Labute approximate surface area is 132 Å². The molecule has 7 heteroatoms. The van der Waals surface area contributed by atoms with Crippen molar-refractivity contribution in [1.29, 1.82) is 0 Å². The zero-order valence-electron chi connectivity index (χ0n) is 12.1. The standard InChI is InChI=1S/C16H16FN3O3/c17-11-3-1-9(2-4-11)16(23)20-14-12(5-13(21)15(14)22)10-6-18-8-19-7-10/h1-4,6-8,12-15,21-22H,5H2,(H,20,23). The zero-order valence-corrected chi connectivity index (χ0v) is 12.1. The minimum atomic E-state index is -1.09. The van der Waals surface area contributed by atoms with E-state index in [1.54, 1.807) is 12.4 Å². The number of carbonyl (C=O) groups is 1. The van der Waals surface area contributed by atoms with Crippen molar-refractivity contribution >= 4 is 5.91 Å². The molecule has 0 spiro atoms. The molecule has 0 radical (unpaired) electrons. The van der Waals surface area contributed by atoms with Gasteiger partial charge in [0.05, 0.1) is 12.1 Å². The molecule has 1 amide bonds. The summed E-state index contributed by atoms with van der Waals surface area (Å²) in [6.45, 7) is 0. The van der Waals surface area contributed by atoms with Crippen molar-refractivity contribution in [1.82, 2.24) is 15.3 Å². The van der Waals surface area contributed by atoms with Gasteiger partial charge >= 0.3 is 0 Å². The lowest BCUT2D eigenvalue weighted by molar-refractivity contribution is 0.0294. The Balaban J connectivity index is 1.81. The Morgan fingerprint density at radius 2 is 1.83 bits per heavy atom. The molecule has 1 aromatic carbocycles. The number of rotatable bonds is 3. The van der Waals surface area contributed by atoms with Crippen molar-refractivity contribution in [3.63, 3.8) is 0 Å². The molecule has 1 aliphatic carbocycles. The van der Waals surface area contributed by atoms with Crippen LogP contribution in [-0.4, -0.2) is 44.3 Å². The fraction of sp³-hybridized carbons (Fsp3) is 0.312. The van der Waals surface area contributed by atoms with Gasteiger partial charge in [0.25, 0.3) is 5.91 Å². The smallest absolute Gasteiger partial charge is 0.251 e. The monoisotopic (exact) mass is 317 g/mol. The van der Waals surface area contributed by atoms with E-state index in [-0.39, 0.29) is 11.5 Å². The highest BCUT2D eigenvalue weighted by atomic mass is 19.1. The molecule has 2 aromatic rings. The summed E-state index contributed by atoms with van der Waals surface area (Å²) in [5.41, 5.74) is 1.01. The number of hydrogen-bond donors (Lipinski definition) is 3. The Bertz CT molecular complexity index is 681. The predicted molar refractivity (Wildman–Crippen MR) is 79.1 cm³/mol. The second-order valence-electron chi connectivity index (χ2n) is 5.58. The average Bonchev–Trinajstić information content (AvgIpc) is 2.84. The van der Waals surface area contributed by atoms with Gasteiger partial charge in [0, 0.05) is 23.9 Å². The van der Waals surface area contributed by atoms with Crippen molar-refractivity contribution in [2.75, 3.05) is 0 Å². The Morgan fingerprint density at radius 3 is 2.48 bits per heavy atom. The van der Waals surface area contributed by atoms with Gasteiger partial charge in [-0.15, -0.1) is 0 Å². The quantitative estimate of drug-likeness (QED) is 0.771. The maximum Gasteiger partial charge on any atom is 0.251 e. The molecule has 1 saturated carbocycles. The Kier molecular flexibility index (Phi) is 4.31. The first-order valence-corrected chi connectivity index (χ1v) is 7.23. The molecule has 3 rings (SSSR count). The maximum atomic E-state index is 12.9. The highest BCUT2D eigenvalue weighted by Crippen LogP contribution is 2.34. The van der Waals surface area contributed by atoms with Crippen LogP contribution < -0.4 is 5.32 Å². The van der Waals surface area contributed by atoms with E-state index in [0.717, 1.165) is 5.56 Å². The predicted octanol–water partition coefficient (Wildman–Crippen LogP) is 0.623. The van der Waals surface area contributed by atoms with E-state index < -0.39 is 30.0 Å². The Morgan fingerprint density at radius 1 is 1.17 bits per heavy atom. The van der Waals surface area contributed by atoms with Gasteiger partial charge in [-0.1, -0.05) is 0 Å². The van der Waals surface area contributed by atoms with Crippen LogP contribution in [0.1, 0.15) is 28.3 Å². The fourth-order valence-electron chi connectivity index (χ4n) is 2.89.